The van der Waals surface area contributed by atoms with Gasteiger partial charge in [-0.3, -0.25) is 4.90 Å². The molecule has 1 unspecified atom stereocenters. The van der Waals surface area contributed by atoms with Crippen LogP contribution in [0.1, 0.15) is 49.4 Å². The fourth-order valence-electron chi connectivity index (χ4n) is 3.42. The first-order chi connectivity index (χ1) is 10.3. The van der Waals surface area contributed by atoms with Gasteiger partial charge in [0.2, 0.25) is 0 Å². The van der Waals surface area contributed by atoms with Crippen LogP contribution in [0, 0.1) is 5.82 Å². The topological polar surface area (TPSA) is 3.24 Å². The normalized spacial score (nSPS) is 21.1. The highest BCUT2D eigenvalue weighted by atomic mass is 19.1. The molecule has 3 rings (SSSR count). The lowest BCUT2D eigenvalue weighted by Crippen LogP contribution is -2.36. The van der Waals surface area contributed by atoms with E-state index in [0.29, 0.717) is 6.04 Å². The van der Waals surface area contributed by atoms with Gasteiger partial charge in [-0.25, -0.2) is 4.39 Å². The number of benzene rings is 2. The van der Waals surface area contributed by atoms with Crippen LogP contribution in [-0.4, -0.2) is 11.4 Å². The highest BCUT2D eigenvalue weighted by Crippen LogP contribution is 2.38. The van der Waals surface area contributed by atoms with Crippen molar-refractivity contribution in [3.8, 4) is 0 Å². The highest BCUT2D eigenvalue weighted by molar-refractivity contribution is 5.24. The predicted octanol–water partition coefficient (Wildman–Crippen LogP) is 5.11. The molecule has 2 atom stereocenters. The standard InChI is InChI=1S/C19H22FN/c1-15(16-9-3-2-4-10-16)21-14-8-7-13-19(21)17-11-5-6-12-18(17)20/h2-6,9-12,15,19H,7-8,13-14H2,1H3/t15-,19?/m0/s1. The Morgan fingerprint density at radius 2 is 1.71 bits per heavy atom. The van der Waals surface area contributed by atoms with Crippen molar-refractivity contribution in [3.63, 3.8) is 0 Å². The fraction of sp³-hybridized carbons (Fsp3) is 0.368. The minimum atomic E-state index is -0.0744. The molecule has 0 bridgehead atoms. The van der Waals surface area contributed by atoms with E-state index in [1.54, 1.807) is 12.1 Å². The maximum atomic E-state index is 14.2. The summed E-state index contributed by atoms with van der Waals surface area (Å²) in [6, 6.07) is 18.3. The molecule has 1 aliphatic rings. The molecule has 0 radical (unpaired) electrons. The highest BCUT2D eigenvalue weighted by Gasteiger charge is 2.29. The monoisotopic (exact) mass is 283 g/mol. The van der Waals surface area contributed by atoms with Gasteiger partial charge < -0.3 is 0 Å². The average Bonchev–Trinajstić information content (AvgIpc) is 2.55. The molecular formula is C19H22FN. The third-order valence-electron chi connectivity index (χ3n) is 4.59. The molecule has 110 valence electrons. The quantitative estimate of drug-likeness (QED) is 0.756. The van der Waals surface area contributed by atoms with Crippen molar-refractivity contribution in [3.05, 3.63) is 71.5 Å². The van der Waals surface area contributed by atoms with Crippen LogP contribution in [-0.2, 0) is 0 Å². The first-order valence-electron chi connectivity index (χ1n) is 7.82. The summed E-state index contributed by atoms with van der Waals surface area (Å²) >= 11 is 0. The van der Waals surface area contributed by atoms with Crippen LogP contribution in [0.5, 0.6) is 0 Å². The molecule has 1 nitrogen and oxygen atoms in total. The van der Waals surface area contributed by atoms with E-state index in [-0.39, 0.29) is 11.9 Å². The Bertz CT molecular complexity index is 581. The summed E-state index contributed by atoms with van der Waals surface area (Å²) in [6.07, 6.45) is 3.41. The number of likely N-dealkylation sites (tertiary alicyclic amines) is 1. The Hall–Kier alpha value is -1.67. The zero-order valence-electron chi connectivity index (χ0n) is 12.5. The van der Waals surface area contributed by atoms with E-state index in [1.165, 1.54) is 18.4 Å². The molecule has 0 saturated carbocycles. The zero-order valence-corrected chi connectivity index (χ0v) is 12.5. The van der Waals surface area contributed by atoms with E-state index in [2.05, 4.69) is 36.1 Å². The van der Waals surface area contributed by atoms with Crippen LogP contribution >= 0.6 is 0 Å². The Morgan fingerprint density at radius 1 is 1.00 bits per heavy atom. The molecule has 2 heteroatoms. The van der Waals surface area contributed by atoms with E-state index in [4.69, 9.17) is 0 Å². The van der Waals surface area contributed by atoms with E-state index in [1.807, 2.05) is 18.2 Å². The van der Waals surface area contributed by atoms with E-state index in [0.717, 1.165) is 18.5 Å². The minimum absolute atomic E-state index is 0.0744. The SMILES string of the molecule is C[C@@H](c1ccccc1)N1CCCCC1c1ccccc1F. The van der Waals surface area contributed by atoms with Gasteiger partial charge in [-0.05, 0) is 37.9 Å². The number of hydrogen-bond donors (Lipinski definition) is 0. The molecule has 0 aliphatic carbocycles. The van der Waals surface area contributed by atoms with Crippen molar-refractivity contribution in [1.82, 2.24) is 4.90 Å². The molecule has 1 heterocycles. The van der Waals surface area contributed by atoms with Crippen LogP contribution in [0.4, 0.5) is 4.39 Å². The third kappa shape index (κ3) is 3.01. The number of rotatable bonds is 3. The Morgan fingerprint density at radius 3 is 2.48 bits per heavy atom. The smallest absolute Gasteiger partial charge is 0.127 e. The van der Waals surface area contributed by atoms with Crippen LogP contribution in [0.25, 0.3) is 0 Å². The number of nitrogens with zero attached hydrogens (tertiary/aromatic N) is 1. The van der Waals surface area contributed by atoms with Gasteiger partial charge in [0.1, 0.15) is 5.82 Å². The zero-order chi connectivity index (χ0) is 14.7. The van der Waals surface area contributed by atoms with Crippen molar-refractivity contribution in [2.24, 2.45) is 0 Å². The largest absolute Gasteiger partial charge is 0.290 e. The molecule has 2 aromatic carbocycles. The summed E-state index contributed by atoms with van der Waals surface area (Å²) in [5.41, 5.74) is 2.15. The molecule has 0 aromatic heterocycles. The molecule has 0 N–H and O–H groups in total. The number of hydrogen-bond acceptors (Lipinski definition) is 1. The summed E-state index contributed by atoms with van der Waals surface area (Å²) in [5, 5.41) is 0. The fourth-order valence-corrected chi connectivity index (χ4v) is 3.42. The van der Waals surface area contributed by atoms with E-state index < -0.39 is 0 Å². The van der Waals surface area contributed by atoms with Crippen molar-refractivity contribution in [2.45, 2.75) is 38.3 Å². The predicted molar refractivity (Wildman–Crippen MR) is 84.6 cm³/mol. The van der Waals surface area contributed by atoms with Gasteiger partial charge in [0, 0.05) is 17.6 Å². The minimum Gasteiger partial charge on any atom is -0.290 e. The molecular weight excluding hydrogens is 261 g/mol. The maximum absolute atomic E-state index is 14.2. The first kappa shape index (κ1) is 14.3. The third-order valence-corrected chi connectivity index (χ3v) is 4.59. The first-order valence-corrected chi connectivity index (χ1v) is 7.82. The van der Waals surface area contributed by atoms with Crippen LogP contribution in [0.3, 0.4) is 0 Å². The Kier molecular flexibility index (Phi) is 4.35. The van der Waals surface area contributed by atoms with Crippen LogP contribution in [0.15, 0.2) is 54.6 Å². The van der Waals surface area contributed by atoms with Crippen LogP contribution < -0.4 is 0 Å². The van der Waals surface area contributed by atoms with E-state index in [9.17, 15) is 4.39 Å². The lowest BCUT2D eigenvalue weighted by Gasteiger charge is -2.40. The van der Waals surface area contributed by atoms with Crippen LogP contribution in [0.2, 0.25) is 0 Å². The maximum Gasteiger partial charge on any atom is 0.127 e. The van der Waals surface area contributed by atoms with Gasteiger partial charge in [-0.2, -0.15) is 0 Å². The lowest BCUT2D eigenvalue weighted by atomic mass is 9.92. The van der Waals surface area contributed by atoms with Gasteiger partial charge in [0.05, 0.1) is 0 Å². The molecule has 1 aliphatic heterocycles. The second kappa shape index (κ2) is 6.40. The van der Waals surface area contributed by atoms with E-state index >= 15 is 0 Å². The molecule has 1 saturated heterocycles. The summed E-state index contributed by atoms with van der Waals surface area (Å²) in [4.78, 5) is 2.46. The molecule has 21 heavy (non-hydrogen) atoms. The molecule has 0 amide bonds. The second-order valence-corrected chi connectivity index (χ2v) is 5.86. The summed E-state index contributed by atoms with van der Waals surface area (Å²) in [5.74, 6) is -0.0744. The van der Waals surface area contributed by atoms with Crippen molar-refractivity contribution in [1.29, 1.82) is 0 Å². The van der Waals surface area contributed by atoms with Gasteiger partial charge in [0.15, 0.2) is 0 Å². The van der Waals surface area contributed by atoms with Crippen molar-refractivity contribution >= 4 is 0 Å². The summed E-state index contributed by atoms with van der Waals surface area (Å²) < 4.78 is 14.2. The molecule has 1 fully saturated rings. The summed E-state index contributed by atoms with van der Waals surface area (Å²) in [7, 11) is 0. The van der Waals surface area contributed by atoms with Gasteiger partial charge >= 0.3 is 0 Å². The van der Waals surface area contributed by atoms with Crippen molar-refractivity contribution in [2.75, 3.05) is 6.54 Å². The molecule has 0 spiro atoms. The number of halogens is 1. The van der Waals surface area contributed by atoms with Gasteiger partial charge in [-0.1, -0.05) is 55.0 Å². The van der Waals surface area contributed by atoms with Crippen molar-refractivity contribution < 1.29 is 4.39 Å². The van der Waals surface area contributed by atoms with Gasteiger partial charge in [0.25, 0.3) is 0 Å². The second-order valence-electron chi connectivity index (χ2n) is 5.86. The number of piperidine rings is 1. The Balaban J connectivity index is 1.90. The molecule has 2 aromatic rings. The summed E-state index contributed by atoms with van der Waals surface area (Å²) in [6.45, 7) is 3.27. The Labute approximate surface area is 126 Å². The lowest BCUT2D eigenvalue weighted by molar-refractivity contribution is 0.100. The average molecular weight is 283 g/mol. The van der Waals surface area contributed by atoms with Gasteiger partial charge in [-0.15, -0.1) is 0 Å².